The Balaban J connectivity index is 1.15. The molecule has 1 saturated carbocycles. The highest BCUT2D eigenvalue weighted by molar-refractivity contribution is 6.22. The Bertz CT molecular complexity index is 1530. The van der Waals surface area contributed by atoms with E-state index >= 15 is 0 Å². The normalized spacial score (nSPS) is 25.9. The highest BCUT2D eigenvalue weighted by Gasteiger charge is 2.65. The first-order valence-corrected chi connectivity index (χ1v) is 13.3. The molecular formula is C27H28ClN7O4. The van der Waals surface area contributed by atoms with Crippen molar-refractivity contribution in [3.05, 3.63) is 59.4 Å². The predicted molar refractivity (Wildman–Crippen MR) is 147 cm³/mol. The molecule has 1 aliphatic carbocycles. The fraction of sp³-hybridized carbons (Fsp3) is 0.370. The van der Waals surface area contributed by atoms with E-state index in [1.807, 2.05) is 30.3 Å². The standard InChI is InChI=1S/C27H28ClN7O4/c1-37-16-4-6-20-18(12-16)27(25(36)29-20)14-19(27)15-3-5-17-21(11-15)32-33-24(17)30-22-13-23(34-7-9-39-10-8-34)35(38-2)26(28)31-22/h3-6,11-13,19,26H,7-10,14H2,1-2H3,(H,29,36)(H2,30,31,32,33)/t19-,26?,27-/m0/s1. The van der Waals surface area contributed by atoms with Crippen LogP contribution in [0.25, 0.3) is 10.9 Å². The number of amidine groups is 1. The second-order valence-electron chi connectivity index (χ2n) is 10.0. The largest absolute Gasteiger partial charge is 0.497 e. The number of hydrogen-bond donors (Lipinski definition) is 3. The van der Waals surface area contributed by atoms with Crippen LogP contribution in [0.15, 0.2) is 53.3 Å². The molecule has 3 aromatic rings. The Labute approximate surface area is 229 Å². The van der Waals surface area contributed by atoms with E-state index in [-0.39, 0.29) is 11.8 Å². The number of nitrogens with one attached hydrogen (secondary N) is 3. The first kappa shape index (κ1) is 24.3. The number of aromatic amines is 1. The van der Waals surface area contributed by atoms with Crippen molar-refractivity contribution < 1.29 is 19.1 Å². The number of halogens is 1. The molecule has 1 spiro atoms. The summed E-state index contributed by atoms with van der Waals surface area (Å²) in [6, 6.07) is 11.9. The minimum absolute atomic E-state index is 0.0433. The number of rotatable bonds is 5. The quantitative estimate of drug-likeness (QED) is 0.328. The van der Waals surface area contributed by atoms with E-state index in [0.717, 1.165) is 58.8 Å². The number of carbonyl (C=O) groups excluding carboxylic acids is 1. The molecular weight excluding hydrogens is 522 g/mol. The number of benzene rings is 2. The Kier molecular flexibility index (Phi) is 5.69. The van der Waals surface area contributed by atoms with Gasteiger partial charge in [-0.15, -0.1) is 0 Å². The molecule has 11 nitrogen and oxygen atoms in total. The number of nitrogens with zero attached hydrogens (tertiary/aromatic N) is 4. The first-order valence-electron chi connectivity index (χ1n) is 12.9. The molecule has 1 saturated heterocycles. The zero-order chi connectivity index (χ0) is 26.7. The molecule has 1 unspecified atom stereocenters. The summed E-state index contributed by atoms with van der Waals surface area (Å²) in [5.41, 5.74) is 2.53. The molecule has 202 valence electrons. The summed E-state index contributed by atoms with van der Waals surface area (Å²) in [5, 5.41) is 16.5. The van der Waals surface area contributed by atoms with Gasteiger partial charge in [0.15, 0.2) is 5.82 Å². The van der Waals surface area contributed by atoms with Crippen LogP contribution in [0, 0.1) is 0 Å². The molecule has 2 aromatic carbocycles. The summed E-state index contributed by atoms with van der Waals surface area (Å²) in [7, 11) is 3.21. The summed E-state index contributed by atoms with van der Waals surface area (Å²) >= 11 is 6.54. The molecule has 1 aromatic heterocycles. The maximum atomic E-state index is 13.1. The van der Waals surface area contributed by atoms with Crippen LogP contribution >= 0.6 is 11.6 Å². The molecule has 3 atom stereocenters. The molecule has 4 aliphatic rings. The number of H-pyrrole nitrogens is 1. The number of anilines is 2. The number of ether oxygens (including phenoxy) is 2. The number of aromatic nitrogens is 2. The van der Waals surface area contributed by atoms with E-state index in [0.29, 0.717) is 24.9 Å². The Morgan fingerprint density at radius 1 is 1.18 bits per heavy atom. The lowest BCUT2D eigenvalue weighted by atomic mass is 9.91. The Hall–Kier alpha value is -3.80. The van der Waals surface area contributed by atoms with E-state index < -0.39 is 11.0 Å². The predicted octanol–water partition coefficient (Wildman–Crippen LogP) is 3.33. The van der Waals surface area contributed by atoms with Gasteiger partial charge in [0.25, 0.3) is 0 Å². The first-order chi connectivity index (χ1) is 19.0. The van der Waals surface area contributed by atoms with Gasteiger partial charge >= 0.3 is 0 Å². The maximum absolute atomic E-state index is 13.1. The SMILES string of the molecule is COc1ccc2c(c1)[C@]1(C[C@H]1c1ccc3c(NC4=NC(Cl)N(OC)C(N5CCOCC5)=C4)n[nH]c3c1)C(=O)N2. The van der Waals surface area contributed by atoms with Crippen LogP contribution in [-0.2, 0) is 19.8 Å². The van der Waals surface area contributed by atoms with Crippen LogP contribution in [0.2, 0.25) is 0 Å². The third kappa shape index (κ3) is 3.83. The van der Waals surface area contributed by atoms with Gasteiger partial charge < -0.3 is 25.0 Å². The number of amides is 1. The van der Waals surface area contributed by atoms with Crippen molar-refractivity contribution >= 4 is 45.8 Å². The summed E-state index contributed by atoms with van der Waals surface area (Å²) in [6.07, 6.45) is 2.66. The van der Waals surface area contributed by atoms with Gasteiger partial charge in [-0.3, -0.25) is 14.7 Å². The highest BCUT2D eigenvalue weighted by atomic mass is 35.5. The van der Waals surface area contributed by atoms with Crippen LogP contribution in [0.4, 0.5) is 11.5 Å². The van der Waals surface area contributed by atoms with Crippen LogP contribution in [-0.4, -0.2) is 78.1 Å². The topological polar surface area (TPSA) is 116 Å². The van der Waals surface area contributed by atoms with Gasteiger partial charge in [-0.1, -0.05) is 17.7 Å². The molecule has 4 heterocycles. The van der Waals surface area contributed by atoms with E-state index in [1.165, 1.54) is 0 Å². The van der Waals surface area contributed by atoms with Gasteiger partial charge in [-0.05, 0) is 47.9 Å². The van der Waals surface area contributed by atoms with Crippen LogP contribution in [0.3, 0.4) is 0 Å². The number of hydrogen-bond acceptors (Lipinski definition) is 9. The number of alkyl halides is 1. The third-order valence-electron chi connectivity index (χ3n) is 8.02. The molecule has 0 bridgehead atoms. The van der Waals surface area contributed by atoms with Crippen molar-refractivity contribution in [2.45, 2.75) is 23.4 Å². The number of fused-ring (bicyclic) bond motifs is 3. The summed E-state index contributed by atoms with van der Waals surface area (Å²) < 4.78 is 10.9. The van der Waals surface area contributed by atoms with Crippen LogP contribution in [0.1, 0.15) is 23.5 Å². The lowest BCUT2D eigenvalue weighted by Crippen LogP contribution is -2.46. The number of morpholine rings is 1. The minimum Gasteiger partial charge on any atom is -0.497 e. The lowest BCUT2D eigenvalue weighted by Gasteiger charge is -2.39. The van der Waals surface area contributed by atoms with Gasteiger partial charge in [-0.25, -0.2) is 4.99 Å². The van der Waals surface area contributed by atoms with E-state index in [2.05, 4.69) is 42.9 Å². The average molecular weight is 550 g/mol. The van der Waals surface area contributed by atoms with Gasteiger partial charge in [0.05, 0.1) is 38.4 Å². The number of carbonyl (C=O) groups is 1. The highest BCUT2D eigenvalue weighted by Crippen LogP contribution is 2.65. The molecule has 1 amide bonds. The molecule has 0 radical (unpaired) electrons. The van der Waals surface area contributed by atoms with E-state index in [1.54, 1.807) is 19.3 Å². The second-order valence-corrected chi connectivity index (χ2v) is 10.4. The fourth-order valence-corrected chi connectivity index (χ4v) is 6.23. The lowest BCUT2D eigenvalue weighted by molar-refractivity contribution is -0.137. The molecule has 2 fully saturated rings. The molecule has 3 N–H and O–H groups in total. The molecule has 3 aliphatic heterocycles. The maximum Gasteiger partial charge on any atom is 0.235 e. The van der Waals surface area contributed by atoms with Crippen molar-refractivity contribution in [3.8, 4) is 5.75 Å². The summed E-state index contributed by atoms with van der Waals surface area (Å²) in [5.74, 6) is 2.90. The van der Waals surface area contributed by atoms with Crippen molar-refractivity contribution in [3.63, 3.8) is 0 Å². The number of hydroxylamine groups is 2. The number of aliphatic imine (C=N–C) groups is 1. The number of methoxy groups -OCH3 is 1. The molecule has 7 rings (SSSR count). The summed E-state index contributed by atoms with van der Waals surface area (Å²) in [6.45, 7) is 2.73. The van der Waals surface area contributed by atoms with Gasteiger partial charge in [0.2, 0.25) is 11.5 Å². The monoisotopic (exact) mass is 549 g/mol. The Morgan fingerprint density at radius 2 is 2.03 bits per heavy atom. The van der Waals surface area contributed by atoms with Crippen molar-refractivity contribution in [1.29, 1.82) is 0 Å². The molecule has 39 heavy (non-hydrogen) atoms. The zero-order valence-corrected chi connectivity index (χ0v) is 22.3. The zero-order valence-electron chi connectivity index (χ0n) is 21.5. The van der Waals surface area contributed by atoms with Crippen molar-refractivity contribution in [2.75, 3.05) is 51.2 Å². The van der Waals surface area contributed by atoms with E-state index in [4.69, 9.17) is 25.9 Å². The minimum atomic E-state index is -0.734. The third-order valence-corrected chi connectivity index (χ3v) is 8.29. The van der Waals surface area contributed by atoms with Gasteiger partial charge in [-0.2, -0.15) is 10.2 Å². The van der Waals surface area contributed by atoms with Gasteiger partial charge in [0, 0.05) is 36.2 Å². The Morgan fingerprint density at radius 3 is 2.82 bits per heavy atom. The van der Waals surface area contributed by atoms with Crippen LogP contribution < -0.4 is 15.4 Å². The smallest absolute Gasteiger partial charge is 0.235 e. The van der Waals surface area contributed by atoms with Crippen LogP contribution in [0.5, 0.6) is 5.75 Å². The van der Waals surface area contributed by atoms with Crippen molar-refractivity contribution in [2.24, 2.45) is 4.99 Å². The summed E-state index contributed by atoms with van der Waals surface area (Å²) in [4.78, 5) is 25.3. The van der Waals surface area contributed by atoms with E-state index in [9.17, 15) is 4.79 Å². The molecule has 12 heteroatoms. The van der Waals surface area contributed by atoms with Gasteiger partial charge in [0.1, 0.15) is 17.4 Å². The second kappa shape index (κ2) is 9.15. The average Bonchev–Trinajstić information content (AvgIpc) is 3.51. The van der Waals surface area contributed by atoms with Crippen molar-refractivity contribution in [1.82, 2.24) is 20.2 Å². The fourth-order valence-electron chi connectivity index (χ4n) is 5.94.